The largest absolute Gasteiger partial charge is 0.476 e. The molecule has 0 aliphatic rings. The van der Waals surface area contributed by atoms with Crippen LogP contribution in [0.5, 0.6) is 0 Å². The van der Waals surface area contributed by atoms with Crippen LogP contribution in [0.2, 0.25) is 0 Å². The lowest BCUT2D eigenvalue weighted by atomic mass is 10.1. The quantitative estimate of drug-likeness (QED) is 0.829. The average Bonchev–Trinajstić information content (AvgIpc) is 2.80. The molecule has 0 amide bonds. The monoisotopic (exact) mass is 247 g/mol. The van der Waals surface area contributed by atoms with Gasteiger partial charge in [0.25, 0.3) is 0 Å². The number of hydrogen-bond donors (Lipinski definition) is 2. The second kappa shape index (κ2) is 5.42. The third-order valence-electron chi connectivity index (χ3n) is 2.54. The molecule has 2 aromatic rings. The molecule has 0 bridgehead atoms. The lowest BCUT2D eigenvalue weighted by Gasteiger charge is -2.04. The van der Waals surface area contributed by atoms with Gasteiger partial charge in [0.05, 0.1) is 6.54 Å². The molecule has 6 heteroatoms. The fraction of sp³-hybridized carbons (Fsp3) is 0.250. The van der Waals surface area contributed by atoms with Crippen molar-refractivity contribution in [1.29, 1.82) is 0 Å². The summed E-state index contributed by atoms with van der Waals surface area (Å²) in [6, 6.07) is 3.35. The van der Waals surface area contributed by atoms with Crippen molar-refractivity contribution in [2.24, 2.45) is 0 Å². The highest BCUT2D eigenvalue weighted by molar-refractivity contribution is 5.85. The van der Waals surface area contributed by atoms with Crippen LogP contribution in [-0.2, 0) is 13.1 Å². The predicted molar refractivity (Wildman–Crippen MR) is 63.0 cm³/mol. The predicted octanol–water partition coefficient (Wildman–Crippen LogP) is 1.37. The first-order chi connectivity index (χ1) is 8.66. The number of carboxylic acid groups (broad SMARTS) is 1. The fourth-order valence-electron chi connectivity index (χ4n) is 1.50. The van der Waals surface area contributed by atoms with E-state index in [1.165, 1.54) is 6.07 Å². The van der Waals surface area contributed by atoms with Gasteiger partial charge in [0.2, 0.25) is 0 Å². The molecule has 0 saturated heterocycles. The molecule has 0 saturated carbocycles. The van der Waals surface area contributed by atoms with Crippen LogP contribution >= 0.6 is 0 Å². The molecule has 0 unspecified atom stereocenters. The third kappa shape index (κ3) is 2.92. The first-order valence-corrected chi connectivity index (χ1v) is 5.46. The van der Waals surface area contributed by atoms with Crippen LogP contribution in [0.25, 0.3) is 0 Å². The van der Waals surface area contributed by atoms with E-state index in [1.807, 2.05) is 13.0 Å². The molecule has 2 N–H and O–H groups in total. The molecule has 18 heavy (non-hydrogen) atoms. The summed E-state index contributed by atoms with van der Waals surface area (Å²) in [5.41, 5.74) is 2.17. The van der Waals surface area contributed by atoms with Crippen LogP contribution in [-0.4, -0.2) is 21.2 Å². The molecule has 94 valence electrons. The summed E-state index contributed by atoms with van der Waals surface area (Å²) in [6.07, 6.45) is 3.54. The van der Waals surface area contributed by atoms with Crippen LogP contribution in [0.3, 0.4) is 0 Å². The number of aromatic nitrogens is 2. The van der Waals surface area contributed by atoms with Gasteiger partial charge in [-0.2, -0.15) is 0 Å². The Kier molecular flexibility index (Phi) is 3.69. The van der Waals surface area contributed by atoms with Crippen molar-refractivity contribution in [3.63, 3.8) is 0 Å². The molecular formula is C12H13N3O3. The number of aryl methyl sites for hydroxylation is 1. The van der Waals surface area contributed by atoms with Crippen molar-refractivity contribution in [3.05, 3.63) is 47.1 Å². The van der Waals surface area contributed by atoms with Crippen LogP contribution in [0.1, 0.15) is 27.4 Å². The number of carboxylic acids is 1. The SMILES string of the molecule is Cc1ccncc1CNCc1cc(C(=O)O)no1. The van der Waals surface area contributed by atoms with Gasteiger partial charge in [-0.1, -0.05) is 5.16 Å². The molecule has 0 aromatic carbocycles. The van der Waals surface area contributed by atoms with Crippen molar-refractivity contribution >= 4 is 5.97 Å². The highest BCUT2D eigenvalue weighted by atomic mass is 16.5. The number of hydrogen-bond acceptors (Lipinski definition) is 5. The molecule has 2 heterocycles. The van der Waals surface area contributed by atoms with Gasteiger partial charge < -0.3 is 14.9 Å². The standard InChI is InChI=1S/C12H13N3O3/c1-8-2-3-13-5-9(8)6-14-7-10-4-11(12(16)17)15-18-10/h2-5,14H,6-7H2,1H3,(H,16,17). The molecular weight excluding hydrogens is 234 g/mol. The summed E-state index contributed by atoms with van der Waals surface area (Å²) in [6.45, 7) is 3.08. The van der Waals surface area contributed by atoms with Gasteiger partial charge in [-0.25, -0.2) is 4.79 Å². The Bertz CT molecular complexity index is 551. The number of pyridine rings is 1. The molecule has 0 atom stereocenters. The van der Waals surface area contributed by atoms with Gasteiger partial charge in [-0.15, -0.1) is 0 Å². The van der Waals surface area contributed by atoms with Crippen LogP contribution in [0, 0.1) is 6.92 Å². The first kappa shape index (κ1) is 12.3. The van der Waals surface area contributed by atoms with E-state index in [4.69, 9.17) is 9.63 Å². The minimum absolute atomic E-state index is 0.0793. The summed E-state index contributed by atoms with van der Waals surface area (Å²) in [7, 11) is 0. The summed E-state index contributed by atoms with van der Waals surface area (Å²) < 4.78 is 4.89. The fourth-order valence-corrected chi connectivity index (χ4v) is 1.50. The lowest BCUT2D eigenvalue weighted by molar-refractivity contribution is 0.0685. The molecule has 0 spiro atoms. The highest BCUT2D eigenvalue weighted by Gasteiger charge is 2.10. The van der Waals surface area contributed by atoms with E-state index < -0.39 is 5.97 Å². The Balaban J connectivity index is 1.88. The molecule has 0 aliphatic carbocycles. The minimum atomic E-state index is -1.09. The summed E-state index contributed by atoms with van der Waals surface area (Å²) in [5.74, 6) is -0.595. The van der Waals surface area contributed by atoms with Crippen LogP contribution < -0.4 is 5.32 Å². The number of nitrogens with one attached hydrogen (secondary N) is 1. The summed E-state index contributed by atoms with van der Waals surface area (Å²) >= 11 is 0. The number of rotatable bonds is 5. The molecule has 0 radical (unpaired) electrons. The maximum absolute atomic E-state index is 10.6. The zero-order valence-corrected chi connectivity index (χ0v) is 9.88. The number of aromatic carboxylic acids is 1. The van der Waals surface area contributed by atoms with Gasteiger partial charge in [0.1, 0.15) is 0 Å². The molecule has 0 fully saturated rings. The van der Waals surface area contributed by atoms with Crippen molar-refractivity contribution < 1.29 is 14.4 Å². The van der Waals surface area contributed by atoms with E-state index in [0.29, 0.717) is 18.8 Å². The van der Waals surface area contributed by atoms with Crippen molar-refractivity contribution in [3.8, 4) is 0 Å². The minimum Gasteiger partial charge on any atom is -0.476 e. The van der Waals surface area contributed by atoms with E-state index in [9.17, 15) is 4.79 Å². The zero-order valence-electron chi connectivity index (χ0n) is 9.88. The molecule has 2 rings (SSSR count). The van der Waals surface area contributed by atoms with Gasteiger partial charge >= 0.3 is 5.97 Å². The maximum atomic E-state index is 10.6. The van der Waals surface area contributed by atoms with Gasteiger partial charge in [0.15, 0.2) is 11.5 Å². The van der Waals surface area contributed by atoms with Gasteiger partial charge in [-0.05, 0) is 24.1 Å². The Morgan fingerprint density at radius 1 is 1.50 bits per heavy atom. The summed E-state index contributed by atoms with van der Waals surface area (Å²) in [5, 5.41) is 15.3. The van der Waals surface area contributed by atoms with Gasteiger partial charge in [0, 0.05) is 25.0 Å². The van der Waals surface area contributed by atoms with Gasteiger partial charge in [-0.3, -0.25) is 4.98 Å². The van der Waals surface area contributed by atoms with E-state index in [1.54, 1.807) is 12.4 Å². The van der Waals surface area contributed by atoms with E-state index in [-0.39, 0.29) is 5.69 Å². The first-order valence-electron chi connectivity index (χ1n) is 5.46. The number of nitrogens with zero attached hydrogens (tertiary/aromatic N) is 2. The molecule has 0 aliphatic heterocycles. The smallest absolute Gasteiger partial charge is 0.358 e. The number of carbonyl (C=O) groups is 1. The van der Waals surface area contributed by atoms with E-state index >= 15 is 0 Å². The molecule has 6 nitrogen and oxygen atoms in total. The van der Waals surface area contributed by atoms with E-state index in [2.05, 4.69) is 15.5 Å². The van der Waals surface area contributed by atoms with E-state index in [0.717, 1.165) is 11.1 Å². The average molecular weight is 247 g/mol. The van der Waals surface area contributed by atoms with Crippen LogP contribution in [0.15, 0.2) is 29.0 Å². The molecule has 2 aromatic heterocycles. The van der Waals surface area contributed by atoms with Crippen molar-refractivity contribution in [2.45, 2.75) is 20.0 Å². The Labute approximate surface area is 104 Å². The lowest BCUT2D eigenvalue weighted by Crippen LogP contribution is -2.13. The normalized spacial score (nSPS) is 10.5. The maximum Gasteiger partial charge on any atom is 0.358 e. The zero-order chi connectivity index (χ0) is 13.0. The second-order valence-corrected chi connectivity index (χ2v) is 3.89. The Morgan fingerprint density at radius 3 is 3.00 bits per heavy atom. The van der Waals surface area contributed by atoms with Crippen molar-refractivity contribution in [1.82, 2.24) is 15.5 Å². The van der Waals surface area contributed by atoms with Crippen molar-refractivity contribution in [2.75, 3.05) is 0 Å². The Hall–Kier alpha value is -2.21. The Morgan fingerprint density at radius 2 is 2.33 bits per heavy atom. The third-order valence-corrected chi connectivity index (χ3v) is 2.54. The summed E-state index contributed by atoms with van der Waals surface area (Å²) in [4.78, 5) is 14.6. The topological polar surface area (TPSA) is 88.2 Å². The van der Waals surface area contributed by atoms with Crippen LogP contribution in [0.4, 0.5) is 0 Å². The highest BCUT2D eigenvalue weighted by Crippen LogP contribution is 2.06. The second-order valence-electron chi connectivity index (χ2n) is 3.89.